The van der Waals surface area contributed by atoms with Crippen LogP contribution in [0.2, 0.25) is 0 Å². The van der Waals surface area contributed by atoms with Crippen molar-refractivity contribution >= 4 is 28.1 Å². The first kappa shape index (κ1) is 32.3. The lowest BCUT2D eigenvalue weighted by molar-refractivity contribution is 0.0821. The van der Waals surface area contributed by atoms with Gasteiger partial charge in [0.05, 0.1) is 23.6 Å². The predicted octanol–water partition coefficient (Wildman–Crippen LogP) is 6.40. The first-order valence-corrected chi connectivity index (χ1v) is 17.7. The molecule has 3 atom stereocenters. The molecule has 1 aliphatic carbocycles. The molecule has 1 aliphatic heterocycles. The molecule has 0 radical (unpaired) electrons. The molecule has 0 aromatic heterocycles. The number of nitrogens with one attached hydrogen (secondary N) is 3. The number of nitrogens with zero attached hydrogens (tertiary/aromatic N) is 1. The van der Waals surface area contributed by atoms with Gasteiger partial charge in [0.1, 0.15) is 0 Å². The molecule has 0 spiro atoms. The van der Waals surface area contributed by atoms with Crippen molar-refractivity contribution in [1.29, 1.82) is 0 Å². The van der Waals surface area contributed by atoms with E-state index in [0.717, 1.165) is 29.7 Å². The third-order valence-corrected chi connectivity index (χ3v) is 10.7. The van der Waals surface area contributed by atoms with E-state index < -0.39 is 22.9 Å². The summed E-state index contributed by atoms with van der Waals surface area (Å²) >= 11 is 0. The number of rotatable bonds is 12. The number of benzene rings is 3. The second-order valence-corrected chi connectivity index (χ2v) is 14.3. The predicted molar refractivity (Wildman–Crippen MR) is 182 cm³/mol. The van der Waals surface area contributed by atoms with Crippen LogP contribution in [0.25, 0.3) is 0 Å². The Morgan fingerprint density at radius 1 is 0.955 bits per heavy atom. The standard InChI is InChI=1S/C35H48N4O4S/c1-2-36-31-21-29(22-32(23-31)39-25-28(18-19-44(39,42)43)27-14-8-4-9-15-27)35(41)38-33(20-26-12-6-3-7-13-26)34(40)24-37-30-16-10-5-11-17-30/h3-4,6-9,12-15,21-23,28,30,33-34,36-37,40,42-43H,2,5,10-11,16-20,24-25H2,1H3,(H,38,41). The van der Waals surface area contributed by atoms with Gasteiger partial charge in [-0.15, -0.1) is 10.8 Å². The Hall–Kier alpha value is -3.08. The number of hydrogen-bond donors (Lipinski definition) is 6. The number of hydrogen-bond acceptors (Lipinski definition) is 7. The highest BCUT2D eigenvalue weighted by Gasteiger charge is 2.34. The quantitative estimate of drug-likeness (QED) is 0.139. The van der Waals surface area contributed by atoms with Crippen LogP contribution in [0.3, 0.4) is 0 Å². The molecule has 44 heavy (non-hydrogen) atoms. The summed E-state index contributed by atoms with van der Waals surface area (Å²) in [6.07, 6.45) is 6.29. The van der Waals surface area contributed by atoms with Crippen LogP contribution in [0.4, 0.5) is 11.4 Å². The molecule has 1 heterocycles. The fraction of sp³-hybridized carbons (Fsp3) is 0.457. The molecular formula is C35H48N4O4S. The highest BCUT2D eigenvalue weighted by Crippen LogP contribution is 2.52. The van der Waals surface area contributed by atoms with Crippen LogP contribution in [0.1, 0.15) is 72.9 Å². The summed E-state index contributed by atoms with van der Waals surface area (Å²) < 4.78 is 24.0. The summed E-state index contributed by atoms with van der Waals surface area (Å²) in [6, 6.07) is 25.4. The fourth-order valence-electron chi connectivity index (χ4n) is 6.42. The molecule has 0 bridgehead atoms. The van der Waals surface area contributed by atoms with E-state index in [-0.39, 0.29) is 17.6 Å². The van der Waals surface area contributed by atoms with Crippen LogP contribution >= 0.6 is 10.8 Å². The van der Waals surface area contributed by atoms with Crippen molar-refractivity contribution in [3.63, 3.8) is 0 Å². The van der Waals surface area contributed by atoms with Gasteiger partial charge < -0.3 is 21.1 Å². The van der Waals surface area contributed by atoms with E-state index in [9.17, 15) is 19.0 Å². The van der Waals surface area contributed by atoms with Crippen molar-refractivity contribution < 1.29 is 19.0 Å². The van der Waals surface area contributed by atoms with Crippen molar-refractivity contribution in [1.82, 2.24) is 10.6 Å². The molecule has 5 rings (SSSR count). The van der Waals surface area contributed by atoms with Crippen LogP contribution in [0.15, 0.2) is 78.9 Å². The minimum atomic E-state index is -3.06. The average Bonchev–Trinajstić information content (AvgIpc) is 3.04. The van der Waals surface area contributed by atoms with Crippen LogP contribution in [0, 0.1) is 0 Å². The van der Waals surface area contributed by atoms with Crippen LogP contribution in [0.5, 0.6) is 0 Å². The van der Waals surface area contributed by atoms with Crippen molar-refractivity contribution in [3.8, 4) is 0 Å². The molecular weight excluding hydrogens is 572 g/mol. The second-order valence-electron chi connectivity index (χ2n) is 12.2. The molecule has 3 unspecified atom stereocenters. The molecule has 2 fully saturated rings. The maximum absolute atomic E-state index is 13.9. The van der Waals surface area contributed by atoms with E-state index in [4.69, 9.17) is 0 Å². The summed E-state index contributed by atoms with van der Waals surface area (Å²) in [5.74, 6) is 0.0915. The van der Waals surface area contributed by atoms with E-state index in [1.807, 2.05) is 61.5 Å². The Labute approximate surface area is 263 Å². The van der Waals surface area contributed by atoms with Gasteiger partial charge in [-0.1, -0.05) is 79.9 Å². The number of amides is 1. The number of aliphatic hydroxyl groups is 1. The Morgan fingerprint density at radius 3 is 2.36 bits per heavy atom. The van der Waals surface area contributed by atoms with Crippen molar-refractivity contribution in [2.24, 2.45) is 0 Å². The number of anilines is 2. The zero-order valence-corrected chi connectivity index (χ0v) is 26.5. The lowest BCUT2D eigenvalue weighted by Crippen LogP contribution is -2.50. The molecule has 9 heteroatoms. The van der Waals surface area contributed by atoms with Gasteiger partial charge in [-0.05, 0) is 61.9 Å². The lowest BCUT2D eigenvalue weighted by Gasteiger charge is -2.50. The molecule has 1 saturated carbocycles. The van der Waals surface area contributed by atoms with Gasteiger partial charge in [0.15, 0.2) is 0 Å². The smallest absolute Gasteiger partial charge is 0.251 e. The van der Waals surface area contributed by atoms with E-state index in [1.165, 1.54) is 19.3 Å². The van der Waals surface area contributed by atoms with Crippen molar-refractivity contribution in [3.05, 3.63) is 95.6 Å². The zero-order chi connectivity index (χ0) is 30.9. The van der Waals surface area contributed by atoms with Crippen LogP contribution in [-0.2, 0) is 6.42 Å². The minimum Gasteiger partial charge on any atom is -0.390 e. The van der Waals surface area contributed by atoms with Crippen molar-refractivity contribution in [2.45, 2.75) is 76.0 Å². The van der Waals surface area contributed by atoms with Crippen LogP contribution < -0.4 is 20.3 Å². The SMILES string of the molecule is CCNc1cc(C(=O)NC(Cc2ccccc2)C(O)CNC2CCCCC2)cc(N2CC(c3ccccc3)CCS2(O)O)c1. The Kier molecular flexibility index (Phi) is 11.2. The largest absolute Gasteiger partial charge is 0.390 e. The highest BCUT2D eigenvalue weighted by atomic mass is 32.3. The first-order chi connectivity index (χ1) is 21.3. The fourth-order valence-corrected chi connectivity index (χ4v) is 8.11. The minimum absolute atomic E-state index is 0.137. The van der Waals surface area contributed by atoms with Gasteiger partial charge in [-0.2, -0.15) is 0 Å². The van der Waals surface area contributed by atoms with E-state index in [0.29, 0.717) is 49.8 Å². The normalized spacial score (nSPS) is 20.8. The number of aliphatic hydroxyl groups excluding tert-OH is 1. The zero-order valence-electron chi connectivity index (χ0n) is 25.7. The maximum Gasteiger partial charge on any atom is 0.251 e. The van der Waals surface area contributed by atoms with E-state index >= 15 is 0 Å². The van der Waals surface area contributed by atoms with Gasteiger partial charge in [-0.3, -0.25) is 18.2 Å². The number of carbonyl (C=O) groups is 1. The van der Waals surface area contributed by atoms with Gasteiger partial charge >= 0.3 is 0 Å². The third-order valence-electron chi connectivity index (χ3n) is 8.90. The molecule has 238 valence electrons. The molecule has 3 aromatic rings. The number of carbonyl (C=O) groups excluding carboxylic acids is 1. The molecule has 2 aliphatic rings. The van der Waals surface area contributed by atoms with Gasteiger partial charge in [-0.25, -0.2) is 0 Å². The summed E-state index contributed by atoms with van der Waals surface area (Å²) in [7, 11) is -3.06. The summed E-state index contributed by atoms with van der Waals surface area (Å²) in [5.41, 5.74) is 3.92. The summed E-state index contributed by atoms with van der Waals surface area (Å²) in [5, 5.41) is 21.3. The average molecular weight is 621 g/mol. The maximum atomic E-state index is 13.9. The Morgan fingerprint density at radius 2 is 1.66 bits per heavy atom. The van der Waals surface area contributed by atoms with Crippen LogP contribution in [-0.4, -0.2) is 63.7 Å². The molecule has 1 saturated heterocycles. The monoisotopic (exact) mass is 620 g/mol. The summed E-state index contributed by atoms with van der Waals surface area (Å²) in [6.45, 7) is 3.47. The van der Waals surface area contributed by atoms with E-state index in [1.54, 1.807) is 16.4 Å². The van der Waals surface area contributed by atoms with Gasteiger partial charge in [0.2, 0.25) is 0 Å². The highest BCUT2D eigenvalue weighted by molar-refractivity contribution is 8.25. The molecule has 1 amide bonds. The second kappa shape index (κ2) is 15.3. The lowest BCUT2D eigenvalue weighted by atomic mass is 9.94. The molecule has 3 aromatic carbocycles. The third kappa shape index (κ3) is 8.55. The molecule has 8 nitrogen and oxygen atoms in total. The van der Waals surface area contributed by atoms with Crippen molar-refractivity contribution in [2.75, 3.05) is 35.0 Å². The summed E-state index contributed by atoms with van der Waals surface area (Å²) in [4.78, 5) is 13.9. The Bertz CT molecular complexity index is 1340. The van der Waals surface area contributed by atoms with E-state index in [2.05, 4.69) is 28.1 Å². The van der Waals surface area contributed by atoms with Gasteiger partial charge in [0, 0.05) is 42.8 Å². The molecule has 6 N–H and O–H groups in total. The van der Waals surface area contributed by atoms with Gasteiger partial charge in [0.25, 0.3) is 5.91 Å². The first-order valence-electron chi connectivity index (χ1n) is 16.1. The topological polar surface area (TPSA) is 117 Å². The Balaban J connectivity index is 1.38.